The number of nitrogens with zero attached hydrogens (tertiary/aromatic N) is 5. The van der Waals surface area contributed by atoms with Crippen LogP contribution in [-0.2, 0) is 15.0 Å². The third-order valence-electron chi connectivity index (χ3n) is 7.98. The molecule has 0 radical (unpaired) electrons. The summed E-state index contributed by atoms with van der Waals surface area (Å²) < 4.78 is 0. The highest BCUT2D eigenvalue weighted by molar-refractivity contribution is 6.21. The zero-order valence-corrected chi connectivity index (χ0v) is 19.6. The van der Waals surface area contributed by atoms with Gasteiger partial charge in [-0.25, -0.2) is 4.98 Å². The summed E-state index contributed by atoms with van der Waals surface area (Å²) in [6.07, 6.45) is 6.51. The fraction of sp³-hybridized carbons (Fsp3) is 0.520. The third kappa shape index (κ3) is 3.41. The molecule has 1 atom stereocenters. The third-order valence-corrected chi connectivity index (χ3v) is 7.98. The van der Waals surface area contributed by atoms with E-state index in [1.54, 1.807) is 6.20 Å². The van der Waals surface area contributed by atoms with Crippen LogP contribution in [0, 0.1) is 0 Å². The SMILES string of the molecule is CN1CCN(c2ccc(Nc3ncc4c(n3)NC(=O)C43CCN(C4CCCC4)C3=O)cc2)CC1. The van der Waals surface area contributed by atoms with Crippen LogP contribution in [0.4, 0.5) is 23.1 Å². The zero-order chi connectivity index (χ0) is 23.3. The number of hydrogen-bond acceptors (Lipinski definition) is 7. The second-order valence-electron chi connectivity index (χ2n) is 9.96. The van der Waals surface area contributed by atoms with Crippen molar-refractivity contribution in [2.24, 2.45) is 0 Å². The van der Waals surface area contributed by atoms with Crippen LogP contribution in [0.25, 0.3) is 0 Å². The number of carbonyl (C=O) groups is 2. The van der Waals surface area contributed by atoms with Gasteiger partial charge in [-0.3, -0.25) is 9.59 Å². The Bertz CT molecular complexity index is 1110. The smallest absolute Gasteiger partial charge is 0.246 e. The molecule has 6 rings (SSSR count). The number of likely N-dealkylation sites (N-methyl/N-ethyl adjacent to an activating group) is 1. The van der Waals surface area contributed by atoms with E-state index in [0.29, 0.717) is 30.3 Å². The van der Waals surface area contributed by atoms with E-state index in [-0.39, 0.29) is 17.9 Å². The molecule has 1 aromatic carbocycles. The summed E-state index contributed by atoms with van der Waals surface area (Å²) in [7, 11) is 2.15. The van der Waals surface area contributed by atoms with Gasteiger partial charge in [0.15, 0.2) is 5.41 Å². The summed E-state index contributed by atoms with van der Waals surface area (Å²) in [5.74, 6) is 0.496. The van der Waals surface area contributed by atoms with E-state index in [2.05, 4.69) is 49.6 Å². The Morgan fingerprint density at radius 1 is 1.03 bits per heavy atom. The van der Waals surface area contributed by atoms with Crippen LogP contribution in [0.1, 0.15) is 37.7 Å². The standard InChI is InChI=1S/C25H31N7O2/c1-30-12-14-31(15-13-30)18-8-6-17(7-9-18)27-24-26-16-20-21(29-24)28-22(33)25(20)10-11-32(23(25)34)19-4-2-3-5-19/h6-9,16,19H,2-5,10-15H2,1H3,(H2,26,27,28,29,33). The van der Waals surface area contributed by atoms with Gasteiger partial charge in [0.05, 0.1) is 0 Å². The molecule has 1 saturated carbocycles. The number of amides is 2. The largest absolute Gasteiger partial charge is 0.369 e. The van der Waals surface area contributed by atoms with Crippen LogP contribution in [-0.4, -0.2) is 77.4 Å². The Balaban J connectivity index is 1.18. The Morgan fingerprint density at radius 3 is 2.50 bits per heavy atom. The highest BCUT2D eigenvalue weighted by Gasteiger charge is 2.60. The van der Waals surface area contributed by atoms with Crippen molar-refractivity contribution >= 4 is 35.0 Å². The zero-order valence-electron chi connectivity index (χ0n) is 19.6. The lowest BCUT2D eigenvalue weighted by Gasteiger charge is -2.34. The van der Waals surface area contributed by atoms with Crippen molar-refractivity contribution in [3.8, 4) is 0 Å². The van der Waals surface area contributed by atoms with Crippen LogP contribution >= 0.6 is 0 Å². The van der Waals surface area contributed by atoms with Gasteiger partial charge in [-0.1, -0.05) is 12.8 Å². The number of carbonyl (C=O) groups excluding carboxylic acids is 2. The number of fused-ring (bicyclic) bond motifs is 2. The number of rotatable bonds is 4. The number of nitrogens with one attached hydrogen (secondary N) is 2. The Morgan fingerprint density at radius 2 is 1.76 bits per heavy atom. The number of anilines is 4. The summed E-state index contributed by atoms with van der Waals surface area (Å²) in [6.45, 7) is 4.80. The summed E-state index contributed by atoms with van der Waals surface area (Å²) in [5.41, 5.74) is 1.52. The molecule has 1 aromatic heterocycles. The van der Waals surface area contributed by atoms with Crippen molar-refractivity contribution in [1.82, 2.24) is 19.8 Å². The molecule has 4 aliphatic rings. The van der Waals surface area contributed by atoms with Crippen LogP contribution in [0.2, 0.25) is 0 Å². The summed E-state index contributed by atoms with van der Waals surface area (Å²) in [5, 5.41) is 6.10. The molecule has 2 N–H and O–H groups in total. The fourth-order valence-corrected chi connectivity index (χ4v) is 5.90. The molecule has 3 fully saturated rings. The molecule has 1 unspecified atom stereocenters. The van der Waals surface area contributed by atoms with Crippen LogP contribution < -0.4 is 15.5 Å². The second-order valence-corrected chi connectivity index (χ2v) is 9.96. The van der Waals surface area contributed by atoms with Crippen molar-refractivity contribution in [1.29, 1.82) is 0 Å². The maximum absolute atomic E-state index is 13.4. The van der Waals surface area contributed by atoms with Gasteiger partial charge in [-0.2, -0.15) is 4.98 Å². The lowest BCUT2D eigenvalue weighted by molar-refractivity contribution is -0.138. The van der Waals surface area contributed by atoms with Gasteiger partial charge in [0, 0.05) is 61.9 Å². The number of hydrogen-bond donors (Lipinski definition) is 2. The van der Waals surface area contributed by atoms with E-state index < -0.39 is 5.41 Å². The van der Waals surface area contributed by atoms with Crippen molar-refractivity contribution in [2.45, 2.75) is 43.6 Å². The molecule has 1 spiro atoms. The van der Waals surface area contributed by atoms with E-state index in [1.165, 1.54) is 5.69 Å². The van der Waals surface area contributed by atoms with E-state index in [4.69, 9.17) is 0 Å². The molecule has 2 amide bonds. The molecular weight excluding hydrogens is 430 g/mol. The van der Waals surface area contributed by atoms with Gasteiger partial charge in [0.25, 0.3) is 0 Å². The fourth-order valence-electron chi connectivity index (χ4n) is 5.90. The van der Waals surface area contributed by atoms with Gasteiger partial charge < -0.3 is 25.3 Å². The minimum Gasteiger partial charge on any atom is -0.369 e. The number of piperazine rings is 1. The molecule has 1 aliphatic carbocycles. The highest BCUT2D eigenvalue weighted by atomic mass is 16.2. The molecule has 2 aromatic rings. The predicted molar refractivity (Wildman–Crippen MR) is 130 cm³/mol. The van der Waals surface area contributed by atoms with Crippen molar-refractivity contribution in [3.05, 3.63) is 36.0 Å². The van der Waals surface area contributed by atoms with E-state index in [9.17, 15) is 9.59 Å². The topological polar surface area (TPSA) is 93.7 Å². The quantitative estimate of drug-likeness (QED) is 0.675. The highest BCUT2D eigenvalue weighted by Crippen LogP contribution is 2.46. The molecule has 9 heteroatoms. The molecule has 2 saturated heterocycles. The van der Waals surface area contributed by atoms with Gasteiger partial charge in [0.1, 0.15) is 5.82 Å². The van der Waals surface area contributed by atoms with Crippen molar-refractivity contribution < 1.29 is 9.59 Å². The summed E-state index contributed by atoms with van der Waals surface area (Å²) >= 11 is 0. The number of benzene rings is 1. The number of aromatic nitrogens is 2. The molecule has 4 heterocycles. The molecule has 178 valence electrons. The first kappa shape index (κ1) is 21.3. The predicted octanol–water partition coefficient (Wildman–Crippen LogP) is 2.34. The Hall–Kier alpha value is -3.20. The summed E-state index contributed by atoms with van der Waals surface area (Å²) in [4.78, 5) is 42.2. The molecule has 9 nitrogen and oxygen atoms in total. The van der Waals surface area contributed by atoms with E-state index >= 15 is 0 Å². The number of likely N-dealkylation sites (tertiary alicyclic amines) is 1. The molecule has 0 bridgehead atoms. The van der Waals surface area contributed by atoms with Crippen molar-refractivity contribution in [2.75, 3.05) is 55.3 Å². The first-order chi connectivity index (χ1) is 16.5. The van der Waals surface area contributed by atoms with Crippen LogP contribution in [0.15, 0.2) is 30.5 Å². The minimum absolute atomic E-state index is 0.0838. The average Bonchev–Trinajstić information content (AvgIpc) is 3.55. The monoisotopic (exact) mass is 461 g/mol. The van der Waals surface area contributed by atoms with Crippen LogP contribution in [0.3, 0.4) is 0 Å². The molecule has 34 heavy (non-hydrogen) atoms. The van der Waals surface area contributed by atoms with Gasteiger partial charge >= 0.3 is 0 Å². The first-order valence-corrected chi connectivity index (χ1v) is 12.4. The lowest BCUT2D eigenvalue weighted by atomic mass is 9.81. The average molecular weight is 462 g/mol. The van der Waals surface area contributed by atoms with Gasteiger partial charge in [0.2, 0.25) is 17.8 Å². The first-order valence-electron chi connectivity index (χ1n) is 12.4. The normalized spacial score (nSPS) is 25.3. The summed E-state index contributed by atoms with van der Waals surface area (Å²) in [6, 6.07) is 8.51. The molecular formula is C25H31N7O2. The van der Waals surface area contributed by atoms with Crippen LogP contribution in [0.5, 0.6) is 0 Å². The maximum atomic E-state index is 13.4. The van der Waals surface area contributed by atoms with Crippen molar-refractivity contribution in [3.63, 3.8) is 0 Å². The second kappa shape index (κ2) is 8.23. The maximum Gasteiger partial charge on any atom is 0.246 e. The lowest BCUT2D eigenvalue weighted by Crippen LogP contribution is -2.45. The van der Waals surface area contributed by atoms with E-state index in [1.807, 2.05) is 17.0 Å². The van der Waals surface area contributed by atoms with Gasteiger partial charge in [-0.05, 0) is 50.6 Å². The minimum atomic E-state index is -1.17. The van der Waals surface area contributed by atoms with Gasteiger partial charge in [-0.15, -0.1) is 0 Å². The molecule has 3 aliphatic heterocycles. The van der Waals surface area contributed by atoms with E-state index in [0.717, 1.165) is 57.5 Å². The Labute approximate surface area is 199 Å². The Kier molecular flexibility index (Phi) is 5.17.